The number of anilines is 2. The fourth-order valence-electron chi connectivity index (χ4n) is 4.03. The summed E-state index contributed by atoms with van der Waals surface area (Å²) in [5, 5.41) is 10.4. The summed E-state index contributed by atoms with van der Waals surface area (Å²) in [4.78, 5) is 27.6. The van der Waals surface area contributed by atoms with Gasteiger partial charge in [0, 0.05) is 23.9 Å². The minimum absolute atomic E-state index is 0.140. The number of benzene rings is 3. The molecule has 0 fully saturated rings. The lowest BCUT2D eigenvalue weighted by molar-refractivity contribution is -0.116. The molecule has 4 aromatic rings. The van der Waals surface area contributed by atoms with E-state index in [9.17, 15) is 14.0 Å². The molecule has 0 bridgehead atoms. The maximum atomic E-state index is 13.5. The summed E-state index contributed by atoms with van der Waals surface area (Å²) in [7, 11) is 0. The first-order valence-corrected chi connectivity index (χ1v) is 12.7. The first-order chi connectivity index (χ1) is 18.3. The Bertz CT molecular complexity index is 1370. The highest BCUT2D eigenvalue weighted by molar-refractivity contribution is 5.97. The van der Waals surface area contributed by atoms with Gasteiger partial charge in [-0.3, -0.25) is 4.79 Å². The molecule has 196 valence electrons. The first kappa shape index (κ1) is 26.6. The third-order valence-electron chi connectivity index (χ3n) is 6.06. The van der Waals surface area contributed by atoms with Crippen molar-refractivity contribution in [3.63, 3.8) is 0 Å². The Morgan fingerprint density at radius 1 is 0.947 bits per heavy atom. The molecule has 1 heterocycles. The summed E-state index contributed by atoms with van der Waals surface area (Å²) >= 11 is 0. The van der Waals surface area contributed by atoms with E-state index in [0.29, 0.717) is 41.8 Å². The van der Waals surface area contributed by atoms with Crippen LogP contribution < -0.4 is 10.6 Å². The van der Waals surface area contributed by atoms with Crippen LogP contribution in [0.3, 0.4) is 0 Å². The van der Waals surface area contributed by atoms with Crippen molar-refractivity contribution in [1.82, 2.24) is 14.7 Å². The van der Waals surface area contributed by atoms with Crippen LogP contribution in [0.1, 0.15) is 38.7 Å². The number of amides is 3. The van der Waals surface area contributed by atoms with Crippen molar-refractivity contribution in [2.75, 3.05) is 23.7 Å². The zero-order valence-corrected chi connectivity index (χ0v) is 21.8. The maximum Gasteiger partial charge on any atom is 0.322 e. The molecule has 1 aromatic heterocycles. The molecule has 0 aliphatic rings. The van der Waals surface area contributed by atoms with Crippen LogP contribution in [0.15, 0.2) is 84.9 Å². The van der Waals surface area contributed by atoms with Crippen molar-refractivity contribution in [2.24, 2.45) is 0 Å². The van der Waals surface area contributed by atoms with Crippen molar-refractivity contribution in [1.29, 1.82) is 0 Å². The smallest absolute Gasteiger partial charge is 0.315 e. The van der Waals surface area contributed by atoms with Crippen molar-refractivity contribution in [2.45, 2.75) is 33.1 Å². The zero-order chi connectivity index (χ0) is 27.1. The Hall–Kier alpha value is -4.46. The topological polar surface area (TPSA) is 79.3 Å². The molecule has 0 saturated heterocycles. The summed E-state index contributed by atoms with van der Waals surface area (Å²) in [6.45, 7) is 6.44. The summed E-state index contributed by atoms with van der Waals surface area (Å²) in [5.41, 5.74) is 3.97. The average Bonchev–Trinajstić information content (AvgIpc) is 3.33. The van der Waals surface area contributed by atoms with Gasteiger partial charge in [0.1, 0.15) is 18.2 Å². The van der Waals surface area contributed by atoms with Crippen LogP contribution in [-0.4, -0.2) is 39.7 Å². The third-order valence-corrected chi connectivity index (χ3v) is 6.06. The minimum atomic E-state index is -0.369. The first-order valence-electron chi connectivity index (χ1n) is 12.7. The quantitative estimate of drug-likeness (QED) is 0.262. The molecule has 0 radical (unpaired) electrons. The lowest BCUT2D eigenvalue weighted by Crippen LogP contribution is -2.41. The Labute approximate surface area is 222 Å². The summed E-state index contributed by atoms with van der Waals surface area (Å²) in [5.74, 6) is 0.0776. The monoisotopic (exact) mass is 513 g/mol. The van der Waals surface area contributed by atoms with Gasteiger partial charge in [-0.15, -0.1) is 0 Å². The lowest BCUT2D eigenvalue weighted by Gasteiger charge is -2.22. The Morgan fingerprint density at radius 2 is 1.63 bits per heavy atom. The Balaban J connectivity index is 1.52. The van der Waals surface area contributed by atoms with Crippen LogP contribution in [0.5, 0.6) is 0 Å². The molecule has 0 atom stereocenters. The maximum absolute atomic E-state index is 13.5. The SMILES string of the molecule is CCCN(CC(=O)Nc1cc(-c2ccccc2)nn1-c1ccc(F)cc1)C(=O)Nc1ccc(C(C)C)cc1. The van der Waals surface area contributed by atoms with Gasteiger partial charge in [0.05, 0.1) is 11.4 Å². The van der Waals surface area contributed by atoms with Gasteiger partial charge in [0.2, 0.25) is 5.91 Å². The van der Waals surface area contributed by atoms with Gasteiger partial charge >= 0.3 is 6.03 Å². The highest BCUT2D eigenvalue weighted by atomic mass is 19.1. The van der Waals surface area contributed by atoms with Crippen molar-refractivity contribution >= 4 is 23.4 Å². The van der Waals surface area contributed by atoms with E-state index >= 15 is 0 Å². The van der Waals surface area contributed by atoms with Crippen LogP contribution in [0.2, 0.25) is 0 Å². The second kappa shape index (κ2) is 12.2. The lowest BCUT2D eigenvalue weighted by atomic mass is 10.0. The number of hydrogen-bond donors (Lipinski definition) is 2. The minimum Gasteiger partial charge on any atom is -0.315 e. The van der Waals surface area contributed by atoms with Crippen molar-refractivity contribution < 1.29 is 14.0 Å². The molecule has 0 unspecified atom stereocenters. The molecule has 8 heteroatoms. The molecule has 2 N–H and O–H groups in total. The number of carbonyl (C=O) groups is 2. The Kier molecular flexibility index (Phi) is 8.53. The number of halogens is 1. The second-order valence-corrected chi connectivity index (χ2v) is 9.35. The van der Waals surface area contributed by atoms with E-state index in [0.717, 1.165) is 5.56 Å². The van der Waals surface area contributed by atoms with Gasteiger partial charge in [-0.05, 0) is 54.3 Å². The fraction of sp³-hybridized carbons (Fsp3) is 0.233. The molecule has 0 aliphatic carbocycles. The van der Waals surface area contributed by atoms with Crippen LogP contribution >= 0.6 is 0 Å². The highest BCUT2D eigenvalue weighted by Gasteiger charge is 2.19. The molecule has 0 saturated carbocycles. The van der Waals surface area contributed by atoms with E-state index in [4.69, 9.17) is 0 Å². The van der Waals surface area contributed by atoms with Crippen molar-refractivity contribution in [3.8, 4) is 16.9 Å². The van der Waals surface area contributed by atoms with Crippen LogP contribution in [0.4, 0.5) is 20.7 Å². The van der Waals surface area contributed by atoms with Gasteiger partial charge in [-0.25, -0.2) is 13.9 Å². The number of aromatic nitrogens is 2. The van der Waals surface area contributed by atoms with E-state index in [2.05, 4.69) is 29.6 Å². The van der Waals surface area contributed by atoms with E-state index in [1.54, 1.807) is 22.9 Å². The van der Waals surface area contributed by atoms with Crippen LogP contribution in [0.25, 0.3) is 16.9 Å². The molecular formula is C30H32FN5O2. The summed E-state index contributed by atoms with van der Waals surface area (Å²) in [6.07, 6.45) is 0.693. The molecule has 38 heavy (non-hydrogen) atoms. The molecule has 7 nitrogen and oxygen atoms in total. The molecule has 3 aromatic carbocycles. The zero-order valence-electron chi connectivity index (χ0n) is 21.8. The molecule has 4 rings (SSSR count). The summed E-state index contributed by atoms with van der Waals surface area (Å²) < 4.78 is 15.1. The van der Waals surface area contributed by atoms with Gasteiger partial charge < -0.3 is 15.5 Å². The predicted molar refractivity (Wildman–Crippen MR) is 149 cm³/mol. The van der Waals surface area contributed by atoms with Crippen LogP contribution in [-0.2, 0) is 4.79 Å². The number of urea groups is 1. The highest BCUT2D eigenvalue weighted by Crippen LogP contribution is 2.25. The fourth-order valence-corrected chi connectivity index (χ4v) is 4.03. The van der Waals surface area contributed by atoms with E-state index in [1.807, 2.05) is 61.5 Å². The van der Waals surface area contributed by atoms with Gasteiger partial charge in [-0.1, -0.05) is 63.2 Å². The Morgan fingerprint density at radius 3 is 2.26 bits per heavy atom. The number of nitrogens with zero attached hydrogens (tertiary/aromatic N) is 3. The standard InChI is InChI=1S/C30H32FN5O2/c1-4-18-35(30(38)32-25-14-10-22(11-15-25)21(2)3)20-29(37)33-28-19-27(23-8-6-5-7-9-23)34-36(28)26-16-12-24(31)13-17-26/h5-17,19,21H,4,18,20H2,1-3H3,(H,32,38)(H,33,37). The van der Waals surface area contributed by atoms with Gasteiger partial charge in [0.25, 0.3) is 0 Å². The number of hydrogen-bond acceptors (Lipinski definition) is 3. The second-order valence-electron chi connectivity index (χ2n) is 9.35. The van der Waals surface area contributed by atoms with Crippen LogP contribution in [0, 0.1) is 5.82 Å². The largest absolute Gasteiger partial charge is 0.322 e. The number of nitrogens with one attached hydrogen (secondary N) is 2. The average molecular weight is 514 g/mol. The van der Waals surface area contributed by atoms with E-state index in [1.165, 1.54) is 22.6 Å². The number of carbonyl (C=O) groups excluding carboxylic acids is 2. The number of rotatable bonds is 9. The normalized spacial score (nSPS) is 10.9. The third kappa shape index (κ3) is 6.64. The summed E-state index contributed by atoms with van der Waals surface area (Å²) in [6, 6.07) is 24.5. The predicted octanol–water partition coefficient (Wildman–Crippen LogP) is 6.68. The van der Waals surface area contributed by atoms with E-state index in [-0.39, 0.29) is 24.3 Å². The molecule has 0 aliphatic heterocycles. The van der Waals surface area contributed by atoms with Gasteiger partial charge in [0.15, 0.2) is 0 Å². The molecule has 3 amide bonds. The van der Waals surface area contributed by atoms with E-state index < -0.39 is 0 Å². The molecule has 0 spiro atoms. The molecular weight excluding hydrogens is 481 g/mol. The van der Waals surface area contributed by atoms with Crippen molar-refractivity contribution in [3.05, 3.63) is 96.3 Å². The van der Waals surface area contributed by atoms with Gasteiger partial charge in [-0.2, -0.15) is 5.10 Å².